The first-order valence-electron chi connectivity index (χ1n) is 4.95. The van der Waals surface area contributed by atoms with Crippen LogP contribution in [0.1, 0.15) is 5.56 Å². The molecule has 0 spiro atoms. The summed E-state index contributed by atoms with van der Waals surface area (Å²) < 4.78 is 18.5. The van der Waals surface area contributed by atoms with E-state index in [4.69, 9.17) is 16.3 Å². The van der Waals surface area contributed by atoms with Crippen LogP contribution in [-0.4, -0.2) is 29.9 Å². The zero-order chi connectivity index (χ0) is 10.7. The maximum absolute atomic E-state index is 13.1. The predicted molar refractivity (Wildman–Crippen MR) is 57.4 cm³/mol. The van der Waals surface area contributed by atoms with Crippen molar-refractivity contribution in [1.29, 1.82) is 0 Å². The molecule has 2 rings (SSSR count). The van der Waals surface area contributed by atoms with Gasteiger partial charge < -0.3 is 4.74 Å². The highest BCUT2D eigenvalue weighted by molar-refractivity contribution is 6.23. The molecule has 82 valence electrons. The largest absolute Gasteiger partial charge is 0.357 e. The molecule has 0 amide bonds. The van der Waals surface area contributed by atoms with Gasteiger partial charge in [-0.2, -0.15) is 0 Å². The zero-order valence-corrected chi connectivity index (χ0v) is 9.08. The lowest BCUT2D eigenvalue weighted by molar-refractivity contribution is -0.125. The molecular formula is C11H13ClFNO. The topological polar surface area (TPSA) is 12.5 Å². The molecule has 2 nitrogen and oxygen atoms in total. The normalized spacial score (nSPS) is 27.9. The third-order valence-corrected chi connectivity index (χ3v) is 2.78. The minimum absolute atomic E-state index is 0.115. The summed E-state index contributed by atoms with van der Waals surface area (Å²) in [5.74, 6) is 0. The first-order valence-corrected chi connectivity index (χ1v) is 5.33. The van der Waals surface area contributed by atoms with E-state index >= 15 is 0 Å². The molecule has 1 aliphatic heterocycles. The molecule has 1 aromatic carbocycles. The Kier molecular flexibility index (Phi) is 3.24. The lowest BCUT2D eigenvalue weighted by Gasteiger charge is -2.34. The summed E-state index contributed by atoms with van der Waals surface area (Å²) in [4.78, 5) is 0. The van der Waals surface area contributed by atoms with Gasteiger partial charge in [0.05, 0.1) is 19.7 Å². The van der Waals surface area contributed by atoms with E-state index in [0.717, 1.165) is 5.56 Å². The third-order valence-electron chi connectivity index (χ3n) is 2.41. The summed E-state index contributed by atoms with van der Waals surface area (Å²) in [6.07, 6.45) is 0.524. The van der Waals surface area contributed by atoms with Crippen molar-refractivity contribution in [3.05, 3.63) is 35.9 Å². The van der Waals surface area contributed by atoms with E-state index in [0.29, 0.717) is 24.7 Å². The second kappa shape index (κ2) is 4.47. The van der Waals surface area contributed by atoms with Crippen molar-refractivity contribution in [2.24, 2.45) is 0 Å². The Hall–Kier alpha value is -0.640. The Morgan fingerprint density at radius 1 is 1.40 bits per heavy atom. The van der Waals surface area contributed by atoms with Crippen molar-refractivity contribution in [2.45, 2.75) is 11.5 Å². The lowest BCUT2D eigenvalue weighted by atomic mass is 10.1. The fraction of sp³-hybridized carbons (Fsp3) is 0.455. The summed E-state index contributed by atoms with van der Waals surface area (Å²) in [6.45, 7) is 0.750. The molecule has 0 saturated carbocycles. The van der Waals surface area contributed by atoms with Crippen LogP contribution in [0.5, 0.6) is 0 Å². The highest BCUT2D eigenvalue weighted by Crippen LogP contribution is 2.27. The predicted octanol–water partition coefficient (Wildman–Crippen LogP) is 2.38. The summed E-state index contributed by atoms with van der Waals surface area (Å²) in [5, 5.41) is -0.214. The van der Waals surface area contributed by atoms with Crippen molar-refractivity contribution in [3.8, 4) is 0 Å². The maximum Gasteiger partial charge on any atom is 0.161 e. The van der Waals surface area contributed by atoms with Crippen LogP contribution < -0.4 is 0 Å². The Morgan fingerprint density at radius 3 is 2.80 bits per heavy atom. The van der Waals surface area contributed by atoms with Gasteiger partial charge in [0.2, 0.25) is 0 Å². The van der Waals surface area contributed by atoms with Crippen LogP contribution in [0.2, 0.25) is 0 Å². The summed E-state index contributed by atoms with van der Waals surface area (Å²) in [7, 11) is 0. The van der Waals surface area contributed by atoms with Crippen LogP contribution in [0.3, 0.4) is 0 Å². The van der Waals surface area contributed by atoms with Gasteiger partial charge in [-0.25, -0.2) is 0 Å². The van der Waals surface area contributed by atoms with E-state index in [1.165, 1.54) is 0 Å². The second-order valence-corrected chi connectivity index (χ2v) is 4.43. The number of hydrogen-bond donors (Lipinski definition) is 0. The first-order chi connectivity index (χ1) is 7.18. The smallest absolute Gasteiger partial charge is 0.161 e. The van der Waals surface area contributed by atoms with Crippen molar-refractivity contribution in [2.75, 3.05) is 19.7 Å². The summed E-state index contributed by atoms with van der Waals surface area (Å²) >= 11 is 6.20. The SMILES string of the molecule is FN1CCOC(Cl)(Cc2ccccc2)C1. The number of rotatable bonds is 2. The number of ether oxygens (including phenoxy) is 1. The molecule has 1 atom stereocenters. The number of morpholine rings is 1. The number of alkyl halides is 1. The van der Waals surface area contributed by atoms with E-state index in [9.17, 15) is 4.48 Å². The van der Waals surface area contributed by atoms with Gasteiger partial charge >= 0.3 is 0 Å². The Morgan fingerprint density at radius 2 is 2.13 bits per heavy atom. The maximum atomic E-state index is 13.1. The third kappa shape index (κ3) is 2.91. The van der Waals surface area contributed by atoms with Crippen LogP contribution in [-0.2, 0) is 11.2 Å². The standard InChI is InChI=1S/C11H13ClFNO/c12-11(9-14(13)6-7-15-11)8-10-4-2-1-3-5-10/h1-5H,6-9H2. The molecule has 0 aromatic heterocycles. The average molecular weight is 230 g/mol. The fourth-order valence-electron chi connectivity index (χ4n) is 1.72. The van der Waals surface area contributed by atoms with E-state index in [1.54, 1.807) is 0 Å². The summed E-state index contributed by atoms with van der Waals surface area (Å²) in [6, 6.07) is 9.74. The average Bonchev–Trinajstić information content (AvgIpc) is 2.18. The Bertz CT molecular complexity index is 322. The van der Waals surface area contributed by atoms with Crippen molar-refractivity contribution in [1.82, 2.24) is 5.12 Å². The highest BCUT2D eigenvalue weighted by Gasteiger charge is 2.35. The number of hydrogen-bond acceptors (Lipinski definition) is 2. The Labute approximate surface area is 93.5 Å². The minimum Gasteiger partial charge on any atom is -0.357 e. The monoisotopic (exact) mass is 229 g/mol. The van der Waals surface area contributed by atoms with Crippen LogP contribution in [0.15, 0.2) is 30.3 Å². The van der Waals surface area contributed by atoms with E-state index in [1.807, 2.05) is 30.3 Å². The first kappa shape index (κ1) is 10.9. The van der Waals surface area contributed by atoms with E-state index < -0.39 is 5.06 Å². The lowest BCUT2D eigenvalue weighted by Crippen LogP contribution is -2.46. The van der Waals surface area contributed by atoms with Gasteiger partial charge in [-0.05, 0) is 5.56 Å². The molecule has 1 aromatic rings. The zero-order valence-electron chi connectivity index (χ0n) is 8.33. The van der Waals surface area contributed by atoms with E-state index in [2.05, 4.69) is 0 Å². The molecule has 4 heteroatoms. The van der Waals surface area contributed by atoms with Crippen LogP contribution >= 0.6 is 11.6 Å². The molecule has 15 heavy (non-hydrogen) atoms. The van der Waals surface area contributed by atoms with Gasteiger partial charge in [-0.3, -0.25) is 0 Å². The van der Waals surface area contributed by atoms with Gasteiger partial charge in [0.15, 0.2) is 5.06 Å². The molecule has 1 aliphatic rings. The van der Waals surface area contributed by atoms with E-state index in [-0.39, 0.29) is 6.54 Å². The fourth-order valence-corrected chi connectivity index (χ4v) is 2.08. The molecule has 0 bridgehead atoms. The van der Waals surface area contributed by atoms with Crippen molar-refractivity contribution < 1.29 is 9.22 Å². The van der Waals surface area contributed by atoms with Gasteiger partial charge in [0.25, 0.3) is 0 Å². The number of benzene rings is 1. The van der Waals surface area contributed by atoms with Gasteiger partial charge in [-0.15, -0.1) is 9.60 Å². The molecular weight excluding hydrogens is 217 g/mol. The molecule has 1 saturated heterocycles. The van der Waals surface area contributed by atoms with Crippen molar-refractivity contribution >= 4 is 11.6 Å². The quantitative estimate of drug-likeness (QED) is 0.570. The molecule has 1 heterocycles. The van der Waals surface area contributed by atoms with Gasteiger partial charge in [0, 0.05) is 6.42 Å². The summed E-state index contributed by atoms with van der Waals surface area (Å²) in [5.41, 5.74) is 1.06. The van der Waals surface area contributed by atoms with Crippen LogP contribution in [0, 0.1) is 0 Å². The van der Waals surface area contributed by atoms with Gasteiger partial charge in [0.1, 0.15) is 0 Å². The van der Waals surface area contributed by atoms with Crippen molar-refractivity contribution in [3.63, 3.8) is 0 Å². The van der Waals surface area contributed by atoms with Crippen LogP contribution in [0.25, 0.3) is 0 Å². The molecule has 0 aliphatic carbocycles. The molecule has 0 radical (unpaired) electrons. The number of halogens is 2. The minimum atomic E-state index is -0.922. The molecule has 1 fully saturated rings. The molecule has 0 N–H and O–H groups in total. The molecule has 1 unspecified atom stereocenters. The number of nitrogens with zero attached hydrogens (tertiary/aromatic N) is 1. The second-order valence-electron chi connectivity index (χ2n) is 3.74. The van der Waals surface area contributed by atoms with Crippen LogP contribution in [0.4, 0.5) is 4.48 Å². The van der Waals surface area contributed by atoms with Gasteiger partial charge in [-0.1, -0.05) is 41.9 Å². The highest BCUT2D eigenvalue weighted by atomic mass is 35.5. The Balaban J connectivity index is 2.04.